The molecule has 0 saturated heterocycles. The molecular weight excluding hydrogens is 230 g/mol. The van der Waals surface area contributed by atoms with Crippen LogP contribution in [0.3, 0.4) is 0 Å². The van der Waals surface area contributed by atoms with Gasteiger partial charge < -0.3 is 9.84 Å². The molecule has 0 bridgehead atoms. The number of methoxy groups -OCH3 is 1. The Morgan fingerprint density at radius 1 is 1.44 bits per heavy atom. The van der Waals surface area contributed by atoms with E-state index in [4.69, 9.17) is 4.74 Å². The average Bonchev–Trinajstić information content (AvgIpc) is 2.75. The molecule has 5 nitrogen and oxygen atoms in total. The standard InChI is InChI=1S/C13H17N3O2/c1-16-8-12(14-15-16)7-13(17)11-5-3-4-10(6-11)9-18-2/h3-6,8,13,17H,7,9H2,1-2H3. The van der Waals surface area contributed by atoms with E-state index in [9.17, 15) is 5.11 Å². The van der Waals surface area contributed by atoms with Crippen molar-refractivity contribution in [2.75, 3.05) is 7.11 Å². The van der Waals surface area contributed by atoms with Crippen molar-refractivity contribution >= 4 is 0 Å². The van der Waals surface area contributed by atoms with E-state index in [-0.39, 0.29) is 0 Å². The molecule has 0 saturated carbocycles. The SMILES string of the molecule is COCc1cccc(C(O)Cc2cn(C)nn2)c1. The van der Waals surface area contributed by atoms with Crippen LogP contribution in [0.15, 0.2) is 30.5 Å². The second-order valence-electron chi connectivity index (χ2n) is 4.28. The predicted molar refractivity (Wildman–Crippen MR) is 66.8 cm³/mol. The number of ether oxygens (including phenoxy) is 1. The molecule has 2 rings (SSSR count). The first-order chi connectivity index (χ1) is 8.69. The summed E-state index contributed by atoms with van der Waals surface area (Å²) in [5, 5.41) is 18.0. The van der Waals surface area contributed by atoms with Gasteiger partial charge >= 0.3 is 0 Å². The summed E-state index contributed by atoms with van der Waals surface area (Å²) in [6.07, 6.45) is 1.70. The molecule has 1 aromatic carbocycles. The van der Waals surface area contributed by atoms with Crippen LogP contribution in [0.2, 0.25) is 0 Å². The van der Waals surface area contributed by atoms with Crippen molar-refractivity contribution < 1.29 is 9.84 Å². The molecule has 0 radical (unpaired) electrons. The lowest BCUT2D eigenvalue weighted by Gasteiger charge is -2.10. The average molecular weight is 247 g/mol. The molecular formula is C13H17N3O2. The molecule has 18 heavy (non-hydrogen) atoms. The van der Waals surface area contributed by atoms with Gasteiger partial charge in [0.2, 0.25) is 0 Å². The van der Waals surface area contributed by atoms with Crippen molar-refractivity contribution in [3.63, 3.8) is 0 Å². The van der Waals surface area contributed by atoms with Gasteiger partial charge in [0.1, 0.15) is 0 Å². The number of hydrogen-bond donors (Lipinski definition) is 1. The summed E-state index contributed by atoms with van der Waals surface area (Å²) in [6.45, 7) is 0.547. The lowest BCUT2D eigenvalue weighted by molar-refractivity contribution is 0.174. The van der Waals surface area contributed by atoms with E-state index in [1.165, 1.54) is 0 Å². The van der Waals surface area contributed by atoms with Crippen LogP contribution in [0, 0.1) is 0 Å². The first kappa shape index (κ1) is 12.7. The van der Waals surface area contributed by atoms with Crippen molar-refractivity contribution in [1.82, 2.24) is 15.0 Å². The maximum absolute atomic E-state index is 10.2. The Morgan fingerprint density at radius 2 is 2.28 bits per heavy atom. The minimum absolute atomic E-state index is 0.463. The summed E-state index contributed by atoms with van der Waals surface area (Å²) < 4.78 is 6.71. The summed E-state index contributed by atoms with van der Waals surface area (Å²) in [6, 6.07) is 7.75. The topological polar surface area (TPSA) is 60.2 Å². The van der Waals surface area contributed by atoms with E-state index in [2.05, 4.69) is 10.3 Å². The fourth-order valence-electron chi connectivity index (χ4n) is 1.86. The van der Waals surface area contributed by atoms with E-state index >= 15 is 0 Å². The third kappa shape index (κ3) is 3.15. The van der Waals surface area contributed by atoms with Crippen LogP contribution >= 0.6 is 0 Å². The van der Waals surface area contributed by atoms with Gasteiger partial charge in [-0.3, -0.25) is 4.68 Å². The highest BCUT2D eigenvalue weighted by Gasteiger charge is 2.11. The minimum atomic E-state index is -0.571. The molecule has 0 spiro atoms. The van der Waals surface area contributed by atoms with Crippen molar-refractivity contribution in [3.05, 3.63) is 47.3 Å². The van der Waals surface area contributed by atoms with Gasteiger partial charge in [-0.25, -0.2) is 0 Å². The van der Waals surface area contributed by atoms with Crippen LogP contribution in [0.5, 0.6) is 0 Å². The number of aliphatic hydroxyl groups is 1. The second kappa shape index (κ2) is 5.75. The molecule has 2 aromatic rings. The molecule has 0 aliphatic rings. The zero-order valence-corrected chi connectivity index (χ0v) is 10.6. The highest BCUT2D eigenvalue weighted by atomic mass is 16.5. The lowest BCUT2D eigenvalue weighted by atomic mass is 10.0. The van der Waals surface area contributed by atoms with Gasteiger partial charge in [0.25, 0.3) is 0 Å². The monoisotopic (exact) mass is 247 g/mol. The van der Waals surface area contributed by atoms with Crippen LogP contribution in [-0.2, 0) is 24.8 Å². The van der Waals surface area contributed by atoms with Crippen molar-refractivity contribution in [1.29, 1.82) is 0 Å². The molecule has 1 atom stereocenters. The van der Waals surface area contributed by atoms with Gasteiger partial charge in [0, 0.05) is 26.8 Å². The molecule has 1 heterocycles. The van der Waals surface area contributed by atoms with E-state index in [1.54, 1.807) is 11.8 Å². The Kier molecular flexibility index (Phi) is 4.07. The Hall–Kier alpha value is -1.72. The fourth-order valence-corrected chi connectivity index (χ4v) is 1.86. The van der Waals surface area contributed by atoms with Crippen LogP contribution in [0.1, 0.15) is 22.9 Å². The Morgan fingerprint density at radius 3 is 2.94 bits per heavy atom. The zero-order chi connectivity index (χ0) is 13.0. The molecule has 0 aliphatic carbocycles. The third-order valence-electron chi connectivity index (χ3n) is 2.70. The van der Waals surface area contributed by atoms with Crippen molar-refractivity contribution in [2.45, 2.75) is 19.1 Å². The van der Waals surface area contributed by atoms with E-state index < -0.39 is 6.10 Å². The van der Waals surface area contributed by atoms with Crippen LogP contribution in [0.25, 0.3) is 0 Å². The highest BCUT2D eigenvalue weighted by Crippen LogP contribution is 2.18. The molecule has 0 fully saturated rings. The van der Waals surface area contributed by atoms with Crippen molar-refractivity contribution in [3.8, 4) is 0 Å². The van der Waals surface area contributed by atoms with Gasteiger partial charge in [-0.1, -0.05) is 29.5 Å². The molecule has 0 aliphatic heterocycles. The lowest BCUT2D eigenvalue weighted by Crippen LogP contribution is -2.03. The van der Waals surface area contributed by atoms with E-state index in [0.717, 1.165) is 16.8 Å². The first-order valence-corrected chi connectivity index (χ1v) is 5.80. The number of benzene rings is 1. The van der Waals surface area contributed by atoms with Gasteiger partial charge in [-0.2, -0.15) is 0 Å². The van der Waals surface area contributed by atoms with Gasteiger partial charge in [0.05, 0.1) is 18.4 Å². The molecule has 1 aromatic heterocycles. The summed E-state index contributed by atoms with van der Waals surface area (Å²) in [7, 11) is 3.46. The molecule has 96 valence electrons. The van der Waals surface area contributed by atoms with Gasteiger partial charge in [-0.15, -0.1) is 5.10 Å². The first-order valence-electron chi connectivity index (χ1n) is 5.80. The van der Waals surface area contributed by atoms with E-state index in [1.807, 2.05) is 37.5 Å². The van der Waals surface area contributed by atoms with E-state index in [0.29, 0.717) is 13.0 Å². The number of aryl methyl sites for hydroxylation is 1. The number of rotatable bonds is 5. The molecule has 0 amide bonds. The Labute approximate surface area is 106 Å². The quantitative estimate of drug-likeness (QED) is 0.863. The van der Waals surface area contributed by atoms with Crippen LogP contribution in [-0.4, -0.2) is 27.2 Å². The number of nitrogens with zero attached hydrogens (tertiary/aromatic N) is 3. The summed E-state index contributed by atoms with van der Waals surface area (Å²) >= 11 is 0. The molecule has 5 heteroatoms. The van der Waals surface area contributed by atoms with Gasteiger partial charge in [-0.05, 0) is 11.1 Å². The zero-order valence-electron chi connectivity index (χ0n) is 10.6. The van der Waals surface area contributed by atoms with Crippen molar-refractivity contribution in [2.24, 2.45) is 7.05 Å². The van der Waals surface area contributed by atoms with Crippen LogP contribution in [0.4, 0.5) is 0 Å². The molecule has 1 unspecified atom stereocenters. The predicted octanol–water partition coefficient (Wildman–Crippen LogP) is 1.24. The minimum Gasteiger partial charge on any atom is -0.388 e. The maximum Gasteiger partial charge on any atom is 0.0856 e. The smallest absolute Gasteiger partial charge is 0.0856 e. The highest BCUT2D eigenvalue weighted by molar-refractivity contribution is 5.25. The largest absolute Gasteiger partial charge is 0.388 e. The third-order valence-corrected chi connectivity index (χ3v) is 2.70. The fraction of sp³-hybridized carbons (Fsp3) is 0.385. The number of aromatic nitrogens is 3. The maximum atomic E-state index is 10.2. The van der Waals surface area contributed by atoms with Crippen LogP contribution < -0.4 is 0 Å². The summed E-state index contributed by atoms with van der Waals surface area (Å²) in [5.74, 6) is 0. The summed E-state index contributed by atoms with van der Waals surface area (Å²) in [4.78, 5) is 0. The van der Waals surface area contributed by atoms with Gasteiger partial charge in [0.15, 0.2) is 0 Å². The Balaban J connectivity index is 2.08. The molecule has 1 N–H and O–H groups in total. The number of hydrogen-bond acceptors (Lipinski definition) is 4. The second-order valence-corrected chi connectivity index (χ2v) is 4.28. The Bertz CT molecular complexity index is 510. The number of aliphatic hydroxyl groups excluding tert-OH is 1. The summed E-state index contributed by atoms with van der Waals surface area (Å²) in [5.41, 5.74) is 2.70. The normalized spacial score (nSPS) is 12.6.